The molecular formula is C24H23NO2. The third kappa shape index (κ3) is 4.31. The highest BCUT2D eigenvalue weighted by Gasteiger charge is 2.09. The summed E-state index contributed by atoms with van der Waals surface area (Å²) in [5, 5.41) is 12.6. The molecule has 3 heteroatoms. The van der Waals surface area contributed by atoms with Crippen LogP contribution < -0.4 is 0 Å². The number of hydrogen-bond acceptors (Lipinski definition) is 3. The van der Waals surface area contributed by atoms with Gasteiger partial charge in [0.25, 0.3) is 0 Å². The molecule has 1 fully saturated rings. The number of phenolic OH excluding ortho intramolecular Hbond substituents is 1. The number of phenols is 1. The van der Waals surface area contributed by atoms with Gasteiger partial charge < -0.3 is 9.84 Å². The van der Waals surface area contributed by atoms with Gasteiger partial charge in [-0.1, -0.05) is 54.3 Å². The molecule has 0 amide bonds. The van der Waals surface area contributed by atoms with Crippen LogP contribution in [0.5, 0.6) is 5.75 Å². The summed E-state index contributed by atoms with van der Waals surface area (Å²) in [5.74, 6) is 6.89. The lowest BCUT2D eigenvalue weighted by atomic mass is 9.96. The van der Waals surface area contributed by atoms with E-state index in [0.717, 1.165) is 54.7 Å². The van der Waals surface area contributed by atoms with E-state index < -0.39 is 0 Å². The molecule has 0 radical (unpaired) electrons. The number of aromatic hydroxyl groups is 1. The molecule has 0 unspecified atom stereocenters. The van der Waals surface area contributed by atoms with Crippen molar-refractivity contribution in [2.24, 2.45) is 0 Å². The Morgan fingerprint density at radius 3 is 2.59 bits per heavy atom. The molecule has 0 bridgehead atoms. The van der Waals surface area contributed by atoms with E-state index in [1.54, 1.807) is 6.07 Å². The van der Waals surface area contributed by atoms with Crippen LogP contribution in [0.1, 0.15) is 16.7 Å². The number of morpholine rings is 1. The van der Waals surface area contributed by atoms with E-state index in [1.165, 1.54) is 5.56 Å². The Morgan fingerprint density at radius 2 is 1.78 bits per heavy atom. The van der Waals surface area contributed by atoms with E-state index in [-0.39, 0.29) is 0 Å². The van der Waals surface area contributed by atoms with Gasteiger partial charge in [-0.05, 0) is 34.5 Å². The number of benzene rings is 3. The molecule has 0 atom stereocenters. The zero-order chi connectivity index (χ0) is 18.5. The predicted molar refractivity (Wildman–Crippen MR) is 109 cm³/mol. The Hall–Kier alpha value is -2.80. The molecule has 3 aromatic rings. The Kier molecular flexibility index (Phi) is 5.39. The maximum Gasteiger partial charge on any atom is 0.119 e. The van der Waals surface area contributed by atoms with Gasteiger partial charge >= 0.3 is 0 Å². The first-order valence-corrected chi connectivity index (χ1v) is 9.37. The number of fused-ring (bicyclic) bond motifs is 1. The van der Waals surface area contributed by atoms with E-state index >= 15 is 0 Å². The summed E-state index contributed by atoms with van der Waals surface area (Å²) >= 11 is 0. The topological polar surface area (TPSA) is 32.7 Å². The molecule has 4 rings (SSSR count). The Labute approximate surface area is 160 Å². The van der Waals surface area contributed by atoms with E-state index in [2.05, 4.69) is 41.0 Å². The summed E-state index contributed by atoms with van der Waals surface area (Å²) in [6.45, 7) is 4.27. The molecule has 0 aliphatic carbocycles. The van der Waals surface area contributed by atoms with Gasteiger partial charge in [-0.25, -0.2) is 0 Å². The fourth-order valence-electron chi connectivity index (χ4n) is 3.46. The fourth-order valence-corrected chi connectivity index (χ4v) is 3.46. The molecule has 1 aliphatic rings. The Bertz CT molecular complexity index is 980. The summed E-state index contributed by atoms with van der Waals surface area (Å²) < 4.78 is 5.37. The number of rotatable bonds is 3. The first-order valence-electron chi connectivity index (χ1n) is 9.37. The molecule has 3 nitrogen and oxygen atoms in total. The minimum atomic E-state index is 0.345. The predicted octanol–water partition coefficient (Wildman–Crippen LogP) is 3.82. The zero-order valence-electron chi connectivity index (χ0n) is 15.3. The summed E-state index contributed by atoms with van der Waals surface area (Å²) in [6.07, 6.45) is 0.714. The number of nitrogens with zero attached hydrogens (tertiary/aromatic N) is 1. The van der Waals surface area contributed by atoms with Gasteiger partial charge in [-0.15, -0.1) is 0 Å². The van der Waals surface area contributed by atoms with Crippen LogP contribution in [0.4, 0.5) is 0 Å². The maximum absolute atomic E-state index is 10.4. The van der Waals surface area contributed by atoms with E-state index in [9.17, 15) is 5.11 Å². The molecule has 0 saturated carbocycles. The van der Waals surface area contributed by atoms with Crippen molar-refractivity contribution in [2.75, 3.05) is 32.8 Å². The number of ether oxygens (including phenoxy) is 1. The van der Waals surface area contributed by atoms with Crippen LogP contribution in [-0.4, -0.2) is 42.9 Å². The largest absolute Gasteiger partial charge is 0.508 e. The normalized spacial score (nSPS) is 14.7. The Morgan fingerprint density at radius 1 is 0.963 bits per heavy atom. The van der Waals surface area contributed by atoms with Crippen molar-refractivity contribution in [1.29, 1.82) is 0 Å². The van der Waals surface area contributed by atoms with Crippen molar-refractivity contribution in [3.8, 4) is 17.6 Å². The summed E-state index contributed by atoms with van der Waals surface area (Å²) in [7, 11) is 0. The molecule has 27 heavy (non-hydrogen) atoms. The fraction of sp³-hybridized carbons (Fsp3) is 0.250. The highest BCUT2D eigenvalue weighted by atomic mass is 16.5. The average Bonchev–Trinajstić information content (AvgIpc) is 2.72. The molecule has 1 heterocycles. The lowest BCUT2D eigenvalue weighted by Crippen LogP contribution is -2.36. The van der Waals surface area contributed by atoms with Gasteiger partial charge in [-0.3, -0.25) is 4.90 Å². The lowest BCUT2D eigenvalue weighted by Gasteiger charge is -2.24. The van der Waals surface area contributed by atoms with E-state index in [1.807, 2.05) is 30.3 Å². The molecule has 136 valence electrons. The van der Waals surface area contributed by atoms with Crippen LogP contribution in [0.15, 0.2) is 60.7 Å². The third-order valence-corrected chi connectivity index (χ3v) is 4.97. The van der Waals surface area contributed by atoms with Crippen LogP contribution in [-0.2, 0) is 11.2 Å². The summed E-state index contributed by atoms with van der Waals surface area (Å²) in [5.41, 5.74) is 3.16. The monoisotopic (exact) mass is 357 g/mol. The van der Waals surface area contributed by atoms with Crippen LogP contribution in [0.3, 0.4) is 0 Å². The molecule has 0 aromatic heterocycles. The van der Waals surface area contributed by atoms with Crippen LogP contribution >= 0.6 is 0 Å². The SMILES string of the molecule is Oc1ccc2cc(C#CCN3CCOCC3)ccc2c1Cc1ccccc1. The zero-order valence-corrected chi connectivity index (χ0v) is 15.3. The Balaban J connectivity index is 1.57. The van der Waals surface area contributed by atoms with Gasteiger partial charge in [0.05, 0.1) is 19.8 Å². The highest BCUT2D eigenvalue weighted by Crippen LogP contribution is 2.30. The van der Waals surface area contributed by atoms with Crippen molar-refractivity contribution in [3.63, 3.8) is 0 Å². The smallest absolute Gasteiger partial charge is 0.119 e. The summed E-state index contributed by atoms with van der Waals surface area (Å²) in [6, 6.07) is 20.2. The van der Waals surface area contributed by atoms with Gasteiger partial charge in [-0.2, -0.15) is 0 Å². The number of hydrogen-bond donors (Lipinski definition) is 1. The van der Waals surface area contributed by atoms with Crippen LogP contribution in [0, 0.1) is 11.8 Å². The molecule has 0 spiro atoms. The van der Waals surface area contributed by atoms with Crippen molar-refractivity contribution in [1.82, 2.24) is 4.90 Å². The van der Waals surface area contributed by atoms with Gasteiger partial charge in [0, 0.05) is 30.6 Å². The quantitative estimate of drug-likeness (QED) is 0.724. The minimum Gasteiger partial charge on any atom is -0.508 e. The molecule has 3 aromatic carbocycles. The standard InChI is InChI=1S/C24H23NO2/c26-24-11-9-21-17-20(7-4-12-25-13-15-27-16-14-25)8-10-22(21)23(24)18-19-5-2-1-3-6-19/h1-3,5-6,8-11,17,26H,12-16,18H2. The second kappa shape index (κ2) is 8.26. The van der Waals surface area contributed by atoms with E-state index in [4.69, 9.17) is 4.74 Å². The second-order valence-electron chi connectivity index (χ2n) is 6.85. The maximum atomic E-state index is 10.4. The van der Waals surface area contributed by atoms with Crippen LogP contribution in [0.2, 0.25) is 0 Å². The summed E-state index contributed by atoms with van der Waals surface area (Å²) in [4.78, 5) is 2.31. The minimum absolute atomic E-state index is 0.345. The van der Waals surface area contributed by atoms with Crippen LogP contribution in [0.25, 0.3) is 10.8 Å². The first-order chi connectivity index (χ1) is 13.3. The van der Waals surface area contributed by atoms with Gasteiger partial charge in [0.1, 0.15) is 5.75 Å². The average molecular weight is 357 g/mol. The van der Waals surface area contributed by atoms with Crippen molar-refractivity contribution in [3.05, 3.63) is 77.4 Å². The van der Waals surface area contributed by atoms with Crippen molar-refractivity contribution < 1.29 is 9.84 Å². The second-order valence-corrected chi connectivity index (χ2v) is 6.85. The molecular weight excluding hydrogens is 334 g/mol. The molecule has 1 saturated heterocycles. The van der Waals surface area contributed by atoms with Gasteiger partial charge in [0.2, 0.25) is 0 Å². The third-order valence-electron chi connectivity index (χ3n) is 4.97. The van der Waals surface area contributed by atoms with Crippen molar-refractivity contribution in [2.45, 2.75) is 6.42 Å². The molecule has 1 aliphatic heterocycles. The van der Waals surface area contributed by atoms with E-state index in [0.29, 0.717) is 12.2 Å². The lowest BCUT2D eigenvalue weighted by molar-refractivity contribution is 0.0443. The van der Waals surface area contributed by atoms with Crippen molar-refractivity contribution >= 4 is 10.8 Å². The van der Waals surface area contributed by atoms with Gasteiger partial charge in [0.15, 0.2) is 0 Å². The molecule has 1 N–H and O–H groups in total. The first kappa shape index (κ1) is 17.6. The highest BCUT2D eigenvalue weighted by molar-refractivity contribution is 5.89.